The minimum absolute atomic E-state index is 0.00749. The van der Waals surface area contributed by atoms with Gasteiger partial charge in [0.25, 0.3) is 5.92 Å². The molecule has 2 aliphatic rings. The third kappa shape index (κ3) is 4.10. The van der Waals surface area contributed by atoms with E-state index in [0.717, 1.165) is 11.3 Å². The minimum atomic E-state index is -2.75. The molecule has 2 aliphatic heterocycles. The summed E-state index contributed by atoms with van der Waals surface area (Å²) < 4.78 is 32.5. The van der Waals surface area contributed by atoms with Gasteiger partial charge in [0, 0.05) is 31.6 Å². The molecule has 0 aromatic heterocycles. The highest BCUT2D eigenvalue weighted by atomic mass is 19.3. The van der Waals surface area contributed by atoms with Gasteiger partial charge in [-0.1, -0.05) is 12.1 Å². The van der Waals surface area contributed by atoms with E-state index in [2.05, 4.69) is 0 Å². The first-order valence-corrected chi connectivity index (χ1v) is 8.66. The fraction of sp³-hybridized carbons (Fsp3) is 0.611. The molecule has 2 fully saturated rings. The molecule has 1 amide bonds. The maximum absolute atomic E-state index is 13.5. The van der Waals surface area contributed by atoms with Crippen molar-refractivity contribution in [2.45, 2.75) is 37.8 Å². The molecule has 0 spiro atoms. The van der Waals surface area contributed by atoms with E-state index in [1.807, 2.05) is 31.2 Å². The molecule has 1 atom stereocenters. The molecule has 3 rings (SSSR count). The molecule has 138 valence electrons. The van der Waals surface area contributed by atoms with E-state index in [4.69, 9.17) is 4.74 Å². The van der Waals surface area contributed by atoms with E-state index in [9.17, 15) is 18.7 Å². The zero-order valence-electron chi connectivity index (χ0n) is 14.3. The third-order valence-corrected chi connectivity index (χ3v) is 4.90. The molecule has 1 aromatic carbocycles. The predicted molar refractivity (Wildman–Crippen MR) is 88.8 cm³/mol. The van der Waals surface area contributed by atoms with Crippen molar-refractivity contribution in [1.82, 2.24) is 9.80 Å². The zero-order valence-corrected chi connectivity index (χ0v) is 14.3. The molecule has 1 N–H and O–H groups in total. The van der Waals surface area contributed by atoms with Crippen LogP contribution in [0.1, 0.15) is 18.9 Å². The summed E-state index contributed by atoms with van der Waals surface area (Å²) in [5, 5.41) is 9.30. The van der Waals surface area contributed by atoms with Crippen LogP contribution < -0.4 is 4.74 Å². The average molecular weight is 354 g/mol. The first-order valence-electron chi connectivity index (χ1n) is 8.66. The van der Waals surface area contributed by atoms with Gasteiger partial charge in [0.15, 0.2) is 0 Å². The Kier molecular flexibility index (Phi) is 5.24. The van der Waals surface area contributed by atoms with Gasteiger partial charge in [-0.25, -0.2) is 8.78 Å². The summed E-state index contributed by atoms with van der Waals surface area (Å²) in [7, 11) is 0. The van der Waals surface area contributed by atoms with Gasteiger partial charge >= 0.3 is 0 Å². The number of benzene rings is 1. The van der Waals surface area contributed by atoms with Crippen LogP contribution in [-0.4, -0.2) is 71.7 Å². The molecule has 1 aromatic rings. The Labute approximate surface area is 146 Å². The number of carbonyl (C=O) groups is 1. The van der Waals surface area contributed by atoms with Gasteiger partial charge in [-0.2, -0.15) is 0 Å². The van der Waals surface area contributed by atoms with E-state index < -0.39 is 12.0 Å². The van der Waals surface area contributed by atoms with Crippen LogP contribution in [0.25, 0.3) is 0 Å². The Balaban J connectivity index is 1.49. The van der Waals surface area contributed by atoms with Gasteiger partial charge in [0.1, 0.15) is 5.75 Å². The number of aliphatic hydroxyl groups excluding tert-OH is 1. The van der Waals surface area contributed by atoms with Crippen molar-refractivity contribution in [3.05, 3.63) is 29.8 Å². The molecule has 25 heavy (non-hydrogen) atoms. The maximum atomic E-state index is 13.5. The summed E-state index contributed by atoms with van der Waals surface area (Å²) in [6, 6.07) is 6.80. The highest BCUT2D eigenvalue weighted by molar-refractivity contribution is 5.79. The Hall–Kier alpha value is -1.73. The molecule has 2 heterocycles. The van der Waals surface area contributed by atoms with Crippen molar-refractivity contribution >= 4 is 5.91 Å². The second kappa shape index (κ2) is 7.25. The molecular formula is C18H24F2N2O3. The van der Waals surface area contributed by atoms with Crippen LogP contribution in [0, 0.1) is 0 Å². The topological polar surface area (TPSA) is 53.0 Å². The second-order valence-electron chi connectivity index (χ2n) is 6.78. The number of alkyl halides is 2. The van der Waals surface area contributed by atoms with Crippen LogP contribution in [0.2, 0.25) is 0 Å². The van der Waals surface area contributed by atoms with Gasteiger partial charge in [0.2, 0.25) is 5.91 Å². The van der Waals surface area contributed by atoms with E-state index in [1.165, 1.54) is 0 Å². The normalized spacial score (nSPS) is 23.5. The van der Waals surface area contributed by atoms with Crippen LogP contribution in [0.15, 0.2) is 24.3 Å². The quantitative estimate of drug-likeness (QED) is 0.842. The number of ether oxygens (including phenoxy) is 1. The predicted octanol–water partition coefficient (Wildman–Crippen LogP) is 1.54. The lowest BCUT2D eigenvalue weighted by atomic mass is 10.0. The van der Waals surface area contributed by atoms with Crippen molar-refractivity contribution in [2.75, 3.05) is 32.8 Å². The number of halogens is 2. The Morgan fingerprint density at radius 1 is 1.32 bits per heavy atom. The minimum Gasteiger partial charge on any atom is -0.494 e. The third-order valence-electron chi connectivity index (χ3n) is 4.90. The smallest absolute Gasteiger partial charge is 0.262 e. The van der Waals surface area contributed by atoms with Gasteiger partial charge in [-0.3, -0.25) is 9.69 Å². The van der Waals surface area contributed by atoms with Crippen molar-refractivity contribution in [1.29, 1.82) is 0 Å². The fourth-order valence-electron chi connectivity index (χ4n) is 3.54. The largest absolute Gasteiger partial charge is 0.494 e. The van der Waals surface area contributed by atoms with E-state index in [-0.39, 0.29) is 31.5 Å². The van der Waals surface area contributed by atoms with Gasteiger partial charge < -0.3 is 14.7 Å². The molecule has 0 unspecified atom stereocenters. The number of hydrogen-bond donors (Lipinski definition) is 1. The molecule has 0 aliphatic carbocycles. The summed E-state index contributed by atoms with van der Waals surface area (Å²) in [6.07, 6.45) is -0.0150. The lowest BCUT2D eigenvalue weighted by Crippen LogP contribution is -2.62. The number of rotatable bonds is 6. The summed E-state index contributed by atoms with van der Waals surface area (Å²) >= 11 is 0. The van der Waals surface area contributed by atoms with Crippen molar-refractivity contribution in [3.63, 3.8) is 0 Å². The average Bonchev–Trinajstić information content (AvgIpc) is 2.83. The molecular weight excluding hydrogens is 330 g/mol. The highest BCUT2D eigenvalue weighted by Crippen LogP contribution is 2.35. The number of nitrogens with zero attached hydrogens (tertiary/aromatic N) is 2. The summed E-state index contributed by atoms with van der Waals surface area (Å²) in [5.41, 5.74) is 0.901. The molecule has 7 heteroatoms. The lowest BCUT2D eigenvalue weighted by Gasteiger charge is -2.45. The van der Waals surface area contributed by atoms with Crippen LogP contribution in [-0.2, 0) is 11.2 Å². The van der Waals surface area contributed by atoms with Gasteiger partial charge in [-0.15, -0.1) is 0 Å². The van der Waals surface area contributed by atoms with Crippen molar-refractivity contribution in [3.8, 4) is 5.75 Å². The standard InChI is InChI=1S/C18H24F2N2O3/c1-2-25-16-5-3-13(4-6-16)7-17(24)21-9-15(10-21)22-12-18(19,20)8-14(22)11-23/h3-6,14-15,23H,2,7-12H2,1H3/t14-/m0/s1. The summed E-state index contributed by atoms with van der Waals surface area (Å²) in [4.78, 5) is 15.7. The number of amides is 1. The van der Waals surface area contributed by atoms with E-state index >= 15 is 0 Å². The molecule has 0 radical (unpaired) electrons. The Morgan fingerprint density at radius 2 is 2.00 bits per heavy atom. The molecule has 2 saturated heterocycles. The SMILES string of the molecule is CCOc1ccc(CC(=O)N2CC(N3CC(F)(F)C[C@H]3CO)C2)cc1. The van der Waals surface area contributed by atoms with Crippen LogP contribution in [0.3, 0.4) is 0 Å². The monoisotopic (exact) mass is 354 g/mol. The zero-order chi connectivity index (χ0) is 18.0. The van der Waals surface area contributed by atoms with Crippen molar-refractivity contribution in [2.24, 2.45) is 0 Å². The second-order valence-corrected chi connectivity index (χ2v) is 6.78. The molecule has 0 saturated carbocycles. The number of aliphatic hydroxyl groups is 1. The Morgan fingerprint density at radius 3 is 2.60 bits per heavy atom. The van der Waals surface area contributed by atoms with Crippen LogP contribution in [0.4, 0.5) is 8.78 Å². The molecule has 5 nitrogen and oxygen atoms in total. The Bertz CT molecular complexity index is 603. The number of carbonyl (C=O) groups excluding carboxylic acids is 1. The highest BCUT2D eigenvalue weighted by Gasteiger charge is 2.49. The van der Waals surface area contributed by atoms with Gasteiger partial charge in [-0.05, 0) is 24.6 Å². The van der Waals surface area contributed by atoms with Crippen LogP contribution in [0.5, 0.6) is 5.75 Å². The van der Waals surface area contributed by atoms with Crippen LogP contribution >= 0.6 is 0 Å². The number of hydrogen-bond acceptors (Lipinski definition) is 4. The van der Waals surface area contributed by atoms with Gasteiger partial charge in [0.05, 0.1) is 26.2 Å². The maximum Gasteiger partial charge on any atom is 0.262 e. The van der Waals surface area contributed by atoms with E-state index in [0.29, 0.717) is 26.1 Å². The van der Waals surface area contributed by atoms with E-state index in [1.54, 1.807) is 9.80 Å². The number of likely N-dealkylation sites (tertiary alicyclic amines) is 2. The summed E-state index contributed by atoms with van der Waals surface area (Å²) in [6.45, 7) is 2.80. The van der Waals surface area contributed by atoms with Crippen molar-refractivity contribution < 1.29 is 23.4 Å². The first-order chi connectivity index (χ1) is 11.9. The fourth-order valence-corrected chi connectivity index (χ4v) is 3.54. The lowest BCUT2D eigenvalue weighted by molar-refractivity contribution is -0.138. The summed E-state index contributed by atoms with van der Waals surface area (Å²) in [5.74, 6) is -1.99. The molecule has 0 bridgehead atoms. The first kappa shape index (κ1) is 18.1.